The van der Waals surface area contributed by atoms with Crippen molar-refractivity contribution in [3.63, 3.8) is 0 Å². The Hall–Kier alpha value is -1.10. The second-order valence-corrected chi connectivity index (χ2v) is 5.47. The summed E-state index contributed by atoms with van der Waals surface area (Å²) < 4.78 is 52.0. The molecular weight excluding hydrogens is 270 g/mol. The van der Waals surface area contributed by atoms with Gasteiger partial charge in [0.05, 0.1) is 0 Å². The van der Waals surface area contributed by atoms with E-state index in [0.717, 1.165) is 18.4 Å². The van der Waals surface area contributed by atoms with Gasteiger partial charge in [0, 0.05) is 6.04 Å². The predicted molar refractivity (Wildman–Crippen MR) is 69.8 cm³/mol. The van der Waals surface area contributed by atoms with Crippen molar-refractivity contribution >= 4 is 0 Å². The van der Waals surface area contributed by atoms with E-state index in [9.17, 15) is 17.6 Å². The Kier molecular flexibility index (Phi) is 4.37. The summed E-state index contributed by atoms with van der Waals surface area (Å²) in [5.74, 6) is -0.375. The van der Waals surface area contributed by atoms with E-state index in [-0.39, 0.29) is 24.7 Å². The molecular formula is C15H19F4N. The standard InChI is InChI=1S/C15H19F4N/c1-2-3-4-13(11-5-7-12(16)8-6-11)20-14(9-10-14)15(17,18)19/h5-8,13,20H,2-4,9-10H2,1H3. The number of rotatable bonds is 6. The quantitative estimate of drug-likeness (QED) is 0.746. The Morgan fingerprint density at radius 1 is 1.20 bits per heavy atom. The first-order valence-corrected chi connectivity index (χ1v) is 6.98. The van der Waals surface area contributed by atoms with Crippen molar-refractivity contribution in [2.75, 3.05) is 0 Å². The molecule has 1 nitrogen and oxygen atoms in total. The average molecular weight is 289 g/mol. The third-order valence-electron chi connectivity index (χ3n) is 3.86. The first-order valence-electron chi connectivity index (χ1n) is 6.98. The number of alkyl halides is 3. The number of halogens is 4. The molecule has 0 aliphatic heterocycles. The third-order valence-corrected chi connectivity index (χ3v) is 3.86. The minimum atomic E-state index is -4.22. The summed E-state index contributed by atoms with van der Waals surface area (Å²) in [6, 6.07) is 5.34. The van der Waals surface area contributed by atoms with Gasteiger partial charge in [-0.2, -0.15) is 13.2 Å². The number of nitrogens with one attached hydrogen (secondary N) is 1. The van der Waals surface area contributed by atoms with Gasteiger partial charge in [-0.15, -0.1) is 0 Å². The van der Waals surface area contributed by atoms with E-state index in [1.165, 1.54) is 12.1 Å². The van der Waals surface area contributed by atoms with Crippen LogP contribution >= 0.6 is 0 Å². The van der Waals surface area contributed by atoms with Gasteiger partial charge in [-0.3, -0.25) is 5.32 Å². The van der Waals surface area contributed by atoms with Crippen LogP contribution in [0.25, 0.3) is 0 Å². The third kappa shape index (κ3) is 3.32. The molecule has 1 aliphatic carbocycles. The first-order chi connectivity index (χ1) is 9.38. The lowest BCUT2D eigenvalue weighted by molar-refractivity contribution is -0.168. The number of unbranched alkanes of at least 4 members (excludes halogenated alkanes) is 1. The first kappa shape index (κ1) is 15.3. The van der Waals surface area contributed by atoms with E-state index in [4.69, 9.17) is 0 Å². The van der Waals surface area contributed by atoms with E-state index in [1.807, 2.05) is 6.92 Å². The molecule has 1 aliphatic rings. The predicted octanol–water partition coefficient (Wildman–Crippen LogP) is 4.74. The van der Waals surface area contributed by atoms with Crippen molar-refractivity contribution in [1.29, 1.82) is 0 Å². The van der Waals surface area contributed by atoms with Gasteiger partial charge >= 0.3 is 6.18 Å². The van der Waals surface area contributed by atoms with Crippen molar-refractivity contribution in [1.82, 2.24) is 5.32 Å². The fourth-order valence-electron chi connectivity index (χ4n) is 2.39. The van der Waals surface area contributed by atoms with E-state index in [1.54, 1.807) is 12.1 Å². The molecule has 0 saturated heterocycles. The molecule has 5 heteroatoms. The van der Waals surface area contributed by atoms with Crippen LogP contribution in [0.1, 0.15) is 50.6 Å². The summed E-state index contributed by atoms with van der Waals surface area (Å²) in [7, 11) is 0. The molecule has 112 valence electrons. The molecule has 1 N–H and O–H groups in total. The van der Waals surface area contributed by atoms with Gasteiger partial charge < -0.3 is 0 Å². The van der Waals surface area contributed by atoms with E-state index in [2.05, 4.69) is 5.32 Å². The van der Waals surface area contributed by atoms with Crippen molar-refractivity contribution < 1.29 is 17.6 Å². The number of benzene rings is 1. The lowest BCUT2D eigenvalue weighted by atomic mass is 9.99. The summed E-state index contributed by atoms with van der Waals surface area (Å²) in [6.45, 7) is 2.00. The average Bonchev–Trinajstić information content (AvgIpc) is 3.16. The van der Waals surface area contributed by atoms with Crippen molar-refractivity contribution in [2.45, 2.75) is 56.8 Å². The lowest BCUT2D eigenvalue weighted by Crippen LogP contribution is -2.46. The zero-order valence-electron chi connectivity index (χ0n) is 11.4. The topological polar surface area (TPSA) is 12.0 Å². The lowest BCUT2D eigenvalue weighted by Gasteiger charge is -2.28. The van der Waals surface area contributed by atoms with Gasteiger partial charge in [-0.05, 0) is 37.0 Å². The second-order valence-electron chi connectivity index (χ2n) is 5.47. The normalized spacial score (nSPS) is 18.9. The molecule has 1 aromatic carbocycles. The molecule has 1 atom stereocenters. The van der Waals surface area contributed by atoms with Crippen molar-refractivity contribution in [3.8, 4) is 0 Å². The molecule has 1 aromatic rings. The van der Waals surface area contributed by atoms with Crippen molar-refractivity contribution in [3.05, 3.63) is 35.6 Å². The zero-order chi connectivity index (χ0) is 14.8. The molecule has 0 spiro atoms. The van der Waals surface area contributed by atoms with Gasteiger partial charge in [-0.25, -0.2) is 4.39 Å². The summed E-state index contributed by atoms with van der Waals surface area (Å²) in [5, 5.41) is 2.77. The van der Waals surface area contributed by atoms with Gasteiger partial charge in [0.25, 0.3) is 0 Å². The van der Waals surface area contributed by atoms with Gasteiger partial charge in [0.15, 0.2) is 0 Å². The molecule has 0 bridgehead atoms. The molecule has 0 radical (unpaired) electrons. The molecule has 0 heterocycles. The Morgan fingerprint density at radius 2 is 1.80 bits per heavy atom. The Balaban J connectivity index is 2.14. The van der Waals surface area contributed by atoms with Crippen LogP contribution in [0.4, 0.5) is 17.6 Å². The van der Waals surface area contributed by atoms with E-state index in [0.29, 0.717) is 6.42 Å². The molecule has 0 aromatic heterocycles. The molecule has 20 heavy (non-hydrogen) atoms. The Morgan fingerprint density at radius 3 is 2.25 bits per heavy atom. The highest BCUT2D eigenvalue weighted by Crippen LogP contribution is 2.50. The van der Waals surface area contributed by atoms with Crippen LogP contribution in [0.2, 0.25) is 0 Å². The highest BCUT2D eigenvalue weighted by atomic mass is 19.4. The van der Waals surface area contributed by atoms with Crippen LogP contribution in [0, 0.1) is 5.82 Å². The number of hydrogen-bond donors (Lipinski definition) is 1. The fourth-order valence-corrected chi connectivity index (χ4v) is 2.39. The van der Waals surface area contributed by atoms with E-state index >= 15 is 0 Å². The Labute approximate surface area is 116 Å². The highest BCUT2D eigenvalue weighted by Gasteiger charge is 2.63. The largest absolute Gasteiger partial charge is 0.406 e. The monoisotopic (exact) mass is 289 g/mol. The molecule has 2 rings (SSSR count). The van der Waals surface area contributed by atoms with Gasteiger partial charge in [0.1, 0.15) is 11.4 Å². The summed E-state index contributed by atoms with van der Waals surface area (Å²) in [6.07, 6.45) is -1.60. The highest BCUT2D eigenvalue weighted by molar-refractivity contribution is 5.22. The zero-order valence-corrected chi connectivity index (χ0v) is 11.4. The maximum atomic E-state index is 13.0. The van der Waals surface area contributed by atoms with Gasteiger partial charge in [0.2, 0.25) is 0 Å². The molecule has 1 saturated carbocycles. The van der Waals surface area contributed by atoms with Crippen LogP contribution in [0.15, 0.2) is 24.3 Å². The van der Waals surface area contributed by atoms with Crippen LogP contribution in [-0.4, -0.2) is 11.7 Å². The molecule has 1 unspecified atom stereocenters. The van der Waals surface area contributed by atoms with Crippen molar-refractivity contribution in [2.24, 2.45) is 0 Å². The van der Waals surface area contributed by atoms with E-state index < -0.39 is 11.7 Å². The van der Waals surface area contributed by atoms with Crippen LogP contribution in [0.5, 0.6) is 0 Å². The SMILES string of the molecule is CCCCC(NC1(C(F)(F)F)CC1)c1ccc(F)cc1. The van der Waals surface area contributed by atoms with Crippen LogP contribution < -0.4 is 5.32 Å². The minimum Gasteiger partial charge on any atom is -0.297 e. The molecule has 1 fully saturated rings. The molecule has 0 amide bonds. The maximum absolute atomic E-state index is 13.0. The number of hydrogen-bond acceptors (Lipinski definition) is 1. The fraction of sp³-hybridized carbons (Fsp3) is 0.600. The van der Waals surface area contributed by atoms with Gasteiger partial charge in [-0.1, -0.05) is 31.9 Å². The van der Waals surface area contributed by atoms with Crippen LogP contribution in [0.3, 0.4) is 0 Å². The van der Waals surface area contributed by atoms with Crippen LogP contribution in [-0.2, 0) is 0 Å². The second kappa shape index (κ2) is 5.72. The summed E-state index contributed by atoms with van der Waals surface area (Å²) in [5.41, 5.74) is -1.02. The summed E-state index contributed by atoms with van der Waals surface area (Å²) >= 11 is 0. The summed E-state index contributed by atoms with van der Waals surface area (Å²) in [4.78, 5) is 0. The minimum absolute atomic E-state index is 0.125. The smallest absolute Gasteiger partial charge is 0.297 e. The Bertz CT molecular complexity index is 434. The maximum Gasteiger partial charge on any atom is 0.406 e.